The van der Waals surface area contributed by atoms with Crippen molar-refractivity contribution in [2.75, 3.05) is 24.3 Å². The van der Waals surface area contributed by atoms with E-state index in [0.717, 1.165) is 5.75 Å². The minimum Gasteiger partial charge on any atom is -0.490 e. The second-order valence-corrected chi connectivity index (χ2v) is 7.63. The summed E-state index contributed by atoms with van der Waals surface area (Å²) >= 11 is 4.18. The van der Waals surface area contributed by atoms with Crippen LogP contribution < -0.4 is 10.1 Å². The normalized spacial score (nSPS) is 25.0. The van der Waals surface area contributed by atoms with E-state index in [1.807, 2.05) is 0 Å². The third-order valence-corrected chi connectivity index (χ3v) is 6.45. The predicted octanol–water partition coefficient (Wildman–Crippen LogP) is 3.34. The van der Waals surface area contributed by atoms with Gasteiger partial charge in [-0.2, -0.15) is 23.5 Å². The van der Waals surface area contributed by atoms with E-state index in [1.165, 1.54) is 35.7 Å². The fourth-order valence-corrected chi connectivity index (χ4v) is 5.31. The highest BCUT2D eigenvalue weighted by molar-refractivity contribution is 8.06. The highest BCUT2D eigenvalue weighted by atomic mass is 32.2. The second kappa shape index (κ2) is 6.42. The van der Waals surface area contributed by atoms with Crippen LogP contribution in [0.3, 0.4) is 0 Å². The van der Waals surface area contributed by atoms with Gasteiger partial charge in [0.05, 0.1) is 6.10 Å². The van der Waals surface area contributed by atoms with Gasteiger partial charge >= 0.3 is 0 Å². The van der Waals surface area contributed by atoms with Crippen molar-refractivity contribution in [3.63, 3.8) is 0 Å². The summed E-state index contributed by atoms with van der Waals surface area (Å²) in [6, 6.07) is 9.14. The molecule has 1 saturated carbocycles. The molecule has 104 valence electrons. The maximum atomic E-state index is 5.81. The molecule has 0 amide bonds. The van der Waals surface area contributed by atoms with E-state index in [1.54, 1.807) is 0 Å². The summed E-state index contributed by atoms with van der Waals surface area (Å²) in [4.78, 5) is 0. The molecular weight excluding hydrogens is 274 g/mol. The maximum absolute atomic E-state index is 5.81. The Morgan fingerprint density at radius 2 is 2.00 bits per heavy atom. The zero-order valence-electron chi connectivity index (χ0n) is 11.3. The molecule has 3 rings (SSSR count). The lowest BCUT2D eigenvalue weighted by Gasteiger charge is -2.29. The first-order valence-electron chi connectivity index (χ1n) is 7.00. The average molecular weight is 295 g/mol. The lowest BCUT2D eigenvalue weighted by molar-refractivity contribution is 0.303. The Bertz CT molecular complexity index is 399. The molecule has 2 unspecified atom stereocenters. The van der Waals surface area contributed by atoms with Crippen LogP contribution in [0.25, 0.3) is 0 Å². The molecule has 0 bridgehead atoms. The third-order valence-electron chi connectivity index (χ3n) is 3.59. The summed E-state index contributed by atoms with van der Waals surface area (Å²) in [7, 11) is 2.07. The van der Waals surface area contributed by atoms with Crippen molar-refractivity contribution in [1.29, 1.82) is 0 Å². The van der Waals surface area contributed by atoms with Crippen LogP contribution in [0.2, 0.25) is 0 Å². The molecule has 2 aliphatic rings. The van der Waals surface area contributed by atoms with E-state index in [4.69, 9.17) is 4.74 Å². The van der Waals surface area contributed by atoms with Crippen LogP contribution in [0.4, 0.5) is 0 Å². The first-order valence-corrected chi connectivity index (χ1v) is 9.20. The van der Waals surface area contributed by atoms with Crippen molar-refractivity contribution in [1.82, 2.24) is 5.32 Å². The molecule has 4 heteroatoms. The summed E-state index contributed by atoms with van der Waals surface area (Å²) in [6.07, 6.45) is 2.92. The van der Waals surface area contributed by atoms with Crippen molar-refractivity contribution in [2.45, 2.75) is 30.2 Å². The molecule has 2 atom stereocenters. The van der Waals surface area contributed by atoms with Crippen molar-refractivity contribution in [2.24, 2.45) is 0 Å². The van der Waals surface area contributed by atoms with Gasteiger partial charge in [-0.25, -0.2) is 0 Å². The summed E-state index contributed by atoms with van der Waals surface area (Å²) in [6.45, 7) is 0. The summed E-state index contributed by atoms with van der Waals surface area (Å²) in [5.74, 6) is 4.84. The number of hydrogen-bond donors (Lipinski definition) is 1. The number of nitrogens with one attached hydrogen (secondary N) is 1. The Morgan fingerprint density at radius 1 is 1.21 bits per heavy atom. The third kappa shape index (κ3) is 3.61. The van der Waals surface area contributed by atoms with Crippen LogP contribution in [0.5, 0.6) is 5.75 Å². The standard InChI is InChI=1S/C15H21NOS2/c1-16-15(14-10-18-8-9-19-14)11-2-4-12(5-3-11)17-13-6-7-13/h2-5,13-16H,6-10H2,1H3. The lowest BCUT2D eigenvalue weighted by Crippen LogP contribution is -2.31. The minimum atomic E-state index is 0.452. The molecule has 1 aromatic carbocycles. The number of ether oxygens (including phenoxy) is 1. The van der Waals surface area contributed by atoms with Gasteiger partial charge in [-0.3, -0.25) is 0 Å². The molecule has 19 heavy (non-hydrogen) atoms. The van der Waals surface area contributed by atoms with Gasteiger partial charge in [0.25, 0.3) is 0 Å². The first kappa shape index (κ1) is 13.7. The van der Waals surface area contributed by atoms with E-state index in [9.17, 15) is 0 Å². The predicted molar refractivity (Wildman–Crippen MR) is 85.5 cm³/mol. The van der Waals surface area contributed by atoms with Gasteiger partial charge in [0.1, 0.15) is 5.75 Å². The van der Waals surface area contributed by atoms with Crippen LogP contribution in [0.1, 0.15) is 24.4 Å². The average Bonchev–Trinajstić information content (AvgIpc) is 3.27. The fraction of sp³-hybridized carbons (Fsp3) is 0.600. The van der Waals surface area contributed by atoms with Gasteiger partial charge in [0, 0.05) is 28.6 Å². The SMILES string of the molecule is CNC(c1ccc(OC2CC2)cc1)C1CSCCS1. The van der Waals surface area contributed by atoms with Crippen molar-refractivity contribution < 1.29 is 4.74 Å². The molecule has 0 spiro atoms. The largest absolute Gasteiger partial charge is 0.490 e. The van der Waals surface area contributed by atoms with Gasteiger partial charge < -0.3 is 10.1 Å². The van der Waals surface area contributed by atoms with E-state index in [0.29, 0.717) is 17.4 Å². The summed E-state index contributed by atoms with van der Waals surface area (Å²) < 4.78 is 5.81. The van der Waals surface area contributed by atoms with E-state index in [-0.39, 0.29) is 0 Å². The zero-order chi connectivity index (χ0) is 13.1. The van der Waals surface area contributed by atoms with Crippen LogP contribution in [-0.2, 0) is 0 Å². The minimum absolute atomic E-state index is 0.452. The number of hydrogen-bond acceptors (Lipinski definition) is 4. The van der Waals surface area contributed by atoms with Gasteiger partial charge in [-0.05, 0) is 37.6 Å². The Morgan fingerprint density at radius 3 is 2.58 bits per heavy atom. The number of rotatable bonds is 5. The van der Waals surface area contributed by atoms with Crippen LogP contribution in [0.15, 0.2) is 24.3 Å². The smallest absolute Gasteiger partial charge is 0.119 e. The molecule has 1 heterocycles. The van der Waals surface area contributed by atoms with Crippen molar-refractivity contribution in [3.8, 4) is 5.75 Å². The Labute approximate surface area is 124 Å². The number of thioether (sulfide) groups is 2. The first-order chi connectivity index (χ1) is 9.36. The van der Waals surface area contributed by atoms with E-state index in [2.05, 4.69) is 60.2 Å². The van der Waals surface area contributed by atoms with Gasteiger partial charge in [0.2, 0.25) is 0 Å². The summed E-state index contributed by atoms with van der Waals surface area (Å²) in [5, 5.41) is 4.17. The topological polar surface area (TPSA) is 21.3 Å². The Hall–Kier alpha value is -0.320. The molecule has 1 aliphatic carbocycles. The highest BCUT2D eigenvalue weighted by Gasteiger charge is 2.26. The molecule has 1 aliphatic heterocycles. The van der Waals surface area contributed by atoms with Gasteiger partial charge in [0.15, 0.2) is 0 Å². The molecule has 2 fully saturated rings. The molecule has 1 N–H and O–H groups in total. The highest BCUT2D eigenvalue weighted by Crippen LogP contribution is 2.34. The zero-order valence-corrected chi connectivity index (χ0v) is 12.9. The second-order valence-electron chi connectivity index (χ2n) is 5.14. The van der Waals surface area contributed by atoms with Crippen LogP contribution in [0, 0.1) is 0 Å². The van der Waals surface area contributed by atoms with E-state index >= 15 is 0 Å². The van der Waals surface area contributed by atoms with Gasteiger partial charge in [-0.15, -0.1) is 0 Å². The van der Waals surface area contributed by atoms with Crippen LogP contribution in [-0.4, -0.2) is 35.7 Å². The summed E-state index contributed by atoms with van der Waals surface area (Å²) in [5.41, 5.74) is 1.38. The molecular formula is C15H21NOS2. The Kier molecular flexibility index (Phi) is 4.61. The Balaban J connectivity index is 1.67. The van der Waals surface area contributed by atoms with Crippen molar-refractivity contribution in [3.05, 3.63) is 29.8 Å². The maximum Gasteiger partial charge on any atom is 0.119 e. The van der Waals surface area contributed by atoms with Crippen LogP contribution >= 0.6 is 23.5 Å². The number of benzene rings is 1. The molecule has 1 saturated heterocycles. The molecule has 1 aromatic rings. The molecule has 2 nitrogen and oxygen atoms in total. The monoisotopic (exact) mass is 295 g/mol. The molecule has 0 aromatic heterocycles. The van der Waals surface area contributed by atoms with Gasteiger partial charge in [-0.1, -0.05) is 12.1 Å². The quantitative estimate of drug-likeness (QED) is 0.899. The lowest BCUT2D eigenvalue weighted by atomic mass is 10.0. The van der Waals surface area contributed by atoms with Crippen molar-refractivity contribution >= 4 is 23.5 Å². The fourth-order valence-electron chi connectivity index (χ4n) is 2.40. The molecule has 0 radical (unpaired) electrons. The van der Waals surface area contributed by atoms with E-state index < -0.39 is 0 Å².